The SMILES string of the molecule is CCCC[C@H]1C(=O)N(C)[C@@H](CCCC)C(=O)N[C@@H](CCCNC(=N)N)C(=O)N[C@H](C(=O)NCC(N)=O)CSCC(=O)N[C@@H](Cc2ccc(O)cc2)C(=O)N(C)[C@@H](C)C(=O)N[C@H](CC(N)=O)C(=O)N2CCC[C@H]2C(=O)N[C@@H](CO)C(=O)N[C@@H](CCO)C(=O)N2C[C@H](O)C[C@H]2C(=O)N[C@@H](Cc2c[nH]c3ccccc23)C(=O)N[C@@H](CO)C(=O)N[C@@H](Cc2c[nH]c3ccccc23)C(=O)N1C. The molecule has 25 N–H and O–H groups in total. The van der Waals surface area contributed by atoms with Crippen LogP contribution in [0.3, 0.4) is 0 Å². The maximum Gasteiger partial charge on any atom is 0.246 e. The number of rotatable bonds is 25. The summed E-state index contributed by atoms with van der Waals surface area (Å²) in [5, 5.41) is 90.7. The second-order valence-electron chi connectivity index (χ2n) is 32.8. The van der Waals surface area contributed by atoms with E-state index in [0.717, 1.165) is 36.3 Å². The number of hydrogen-bond acceptors (Lipinski definition) is 24. The smallest absolute Gasteiger partial charge is 0.246 e. The van der Waals surface area contributed by atoms with Gasteiger partial charge >= 0.3 is 0 Å². The van der Waals surface area contributed by atoms with Crippen LogP contribution in [0.5, 0.6) is 5.75 Å². The highest BCUT2D eigenvalue weighted by molar-refractivity contribution is 8.00. The molecule has 0 radical (unpaired) electrons. The summed E-state index contributed by atoms with van der Waals surface area (Å²) >= 11 is 0.746. The van der Waals surface area contributed by atoms with Crippen LogP contribution in [0.2, 0.25) is 0 Å². The van der Waals surface area contributed by atoms with Crippen molar-refractivity contribution in [3.8, 4) is 5.75 Å². The molecule has 0 spiro atoms. The Balaban J connectivity index is 1.18. The molecule has 15 atom stereocenters. The number of H-pyrrole nitrogens is 2. The molecule has 45 heteroatoms. The number of unbranched alkanes of at least 4 members (excludes halogenated alkanes) is 2. The van der Waals surface area contributed by atoms with Gasteiger partial charge in [-0.3, -0.25) is 86.9 Å². The number of likely N-dealkylation sites (N-methyl/N-ethyl adjacent to an activating group) is 3. The summed E-state index contributed by atoms with van der Waals surface area (Å²) < 4.78 is 0. The van der Waals surface area contributed by atoms with Crippen molar-refractivity contribution in [1.82, 2.24) is 93.0 Å². The monoisotopic (exact) mass is 1850 g/mol. The number of fused-ring (bicyclic) bond motifs is 4. The average molecular weight is 1850 g/mol. The number of guanidine groups is 1. The van der Waals surface area contributed by atoms with E-state index in [-0.39, 0.29) is 76.6 Å². The molecule has 5 aromatic rings. The van der Waals surface area contributed by atoms with E-state index in [2.05, 4.69) is 68.5 Å². The van der Waals surface area contributed by atoms with E-state index in [0.29, 0.717) is 64.2 Å². The third-order valence-electron chi connectivity index (χ3n) is 23.2. The summed E-state index contributed by atoms with van der Waals surface area (Å²) in [4.78, 5) is 258. The van der Waals surface area contributed by atoms with Crippen molar-refractivity contribution >= 4 is 140 Å². The number of phenols is 1. The molecule has 5 heterocycles. The number of aliphatic hydroxyl groups is 4. The Kier molecular flexibility index (Phi) is 39.2. The number of primary amides is 2. The Labute approximate surface area is 759 Å². The van der Waals surface area contributed by atoms with E-state index in [1.165, 1.54) is 52.3 Å². The lowest BCUT2D eigenvalue weighted by molar-refractivity contribution is -0.149. The number of aromatic hydroxyl groups is 1. The predicted octanol–water partition coefficient (Wildman–Crippen LogP) is -5.57. The third kappa shape index (κ3) is 28.7. The highest BCUT2D eigenvalue weighted by Crippen LogP contribution is 2.28. The van der Waals surface area contributed by atoms with Crippen LogP contribution in [0.25, 0.3) is 21.8 Å². The van der Waals surface area contributed by atoms with Crippen LogP contribution in [-0.4, -0.2) is 336 Å². The lowest BCUT2D eigenvalue weighted by Crippen LogP contribution is -2.62. The second kappa shape index (κ2) is 49.7. The molecule has 8 rings (SSSR count). The maximum atomic E-state index is 15.7. The Morgan fingerprint density at radius 2 is 1.02 bits per heavy atom. The molecule has 0 saturated carbocycles. The van der Waals surface area contributed by atoms with Gasteiger partial charge in [-0.05, 0) is 92.8 Å². The number of carbonyl (C=O) groups excluding carboxylic acids is 17. The number of hydrogen-bond donors (Lipinski definition) is 22. The van der Waals surface area contributed by atoms with Crippen LogP contribution in [0, 0.1) is 5.41 Å². The van der Waals surface area contributed by atoms with Gasteiger partial charge in [0.25, 0.3) is 0 Å². The van der Waals surface area contributed by atoms with E-state index < -0.39 is 261 Å². The molecular formula is C86H122N22O22S. The number of para-hydroxylation sites is 2. The van der Waals surface area contributed by atoms with Crippen LogP contribution in [-0.2, 0) is 101 Å². The van der Waals surface area contributed by atoms with Gasteiger partial charge in [0.05, 0.1) is 38.0 Å². The zero-order chi connectivity index (χ0) is 96.0. The highest BCUT2D eigenvalue weighted by Gasteiger charge is 2.47. The summed E-state index contributed by atoms with van der Waals surface area (Å²) in [5.74, 6) is -18.8. The molecule has 17 amide bonds. The Morgan fingerprint density at radius 3 is 1.61 bits per heavy atom. The molecule has 0 unspecified atom stereocenters. The van der Waals surface area contributed by atoms with Crippen molar-refractivity contribution in [2.75, 3.05) is 78.6 Å². The molecule has 0 aliphatic carbocycles. The zero-order valence-electron chi connectivity index (χ0n) is 74.0. The molecule has 3 fully saturated rings. The summed E-state index contributed by atoms with van der Waals surface area (Å²) in [6, 6.07) is -3.52. The predicted molar refractivity (Wildman–Crippen MR) is 477 cm³/mol. The minimum Gasteiger partial charge on any atom is -0.508 e. The van der Waals surface area contributed by atoms with Crippen LogP contribution < -0.4 is 75.7 Å². The van der Waals surface area contributed by atoms with Gasteiger partial charge in [0, 0.05) is 113 Å². The number of thioether (sulfide) groups is 1. The van der Waals surface area contributed by atoms with Gasteiger partial charge in [-0.25, -0.2) is 0 Å². The number of aromatic nitrogens is 2. The number of nitrogens with two attached hydrogens (primary N) is 3. The fourth-order valence-electron chi connectivity index (χ4n) is 15.9. The van der Waals surface area contributed by atoms with Gasteiger partial charge in [0.1, 0.15) is 90.3 Å². The minimum atomic E-state index is -1.92. The number of aromatic amines is 2. The summed E-state index contributed by atoms with van der Waals surface area (Å²) in [6.45, 7) is 0.315. The third-order valence-corrected chi connectivity index (χ3v) is 24.3. The number of benzene rings is 3. The largest absolute Gasteiger partial charge is 0.508 e. The zero-order valence-corrected chi connectivity index (χ0v) is 74.8. The van der Waals surface area contributed by atoms with Gasteiger partial charge in [-0.2, -0.15) is 0 Å². The van der Waals surface area contributed by atoms with Crippen molar-refractivity contribution in [3.63, 3.8) is 0 Å². The van der Waals surface area contributed by atoms with E-state index in [1.54, 1.807) is 60.9 Å². The van der Waals surface area contributed by atoms with Crippen molar-refractivity contribution in [1.29, 1.82) is 5.41 Å². The van der Waals surface area contributed by atoms with Gasteiger partial charge in [-0.15, -0.1) is 11.8 Å². The van der Waals surface area contributed by atoms with Crippen molar-refractivity contribution in [3.05, 3.63) is 102 Å². The highest BCUT2D eigenvalue weighted by atomic mass is 32.2. The summed E-state index contributed by atoms with van der Waals surface area (Å²) in [5.41, 5.74) is 19.2. The van der Waals surface area contributed by atoms with E-state index in [1.807, 2.05) is 13.8 Å². The molecule has 0 bridgehead atoms. The van der Waals surface area contributed by atoms with E-state index in [4.69, 9.17) is 22.6 Å². The molecule has 3 saturated heterocycles. The number of nitrogens with one attached hydrogen (secondary N) is 14. The van der Waals surface area contributed by atoms with E-state index >= 15 is 28.8 Å². The molecule has 3 aliphatic rings. The maximum absolute atomic E-state index is 15.7. The number of carbonyl (C=O) groups is 17. The lowest BCUT2D eigenvalue weighted by atomic mass is 10.00. The standard InChI is InChI=1S/C86H122N22O22S/c1-7-9-22-65-78(123)96-56(21-15-30-91-86(89)90)74(119)103-64(73(118)94-40-70(88)115)44-131-45-71(116)95-59(33-47-25-27-50(112)28-26-47)81(126)104(4)46(3)72(117)99-61(37-69(87)114)84(129)107-31-16-24-66(107)79(124)102-63(43-111)76(121)97-57(29-32-109)83(128)108-41-51(113)36-68(108)80(125)98-58(34-48-38-92-54-19-13-11-17-52(48)54)75(120)101-62(42-110)77(122)100-60(35-49-39-93-55-20-14-12-18-53(49)55)82(127)106(6)67(23-10-8-2)85(130)105(65)5/h11-14,17-20,25-28,38-39,46,51,56-68,92-93,109-113H,7-10,15-16,21-24,29-37,40-45H2,1-6H3,(H2,87,114)(H2,88,115)(H,94,118)(H,95,116)(H,96,123)(H,97,121)(H,98,125)(H,99,117)(H,100,122)(H,101,120)(H,102,124)(H,103,119)(H4,89,90,91)/t46-,51+,56-,57-,58-,59-,60-,61+,62-,63-,64-,65-,66-,67-,68-/m0/s1. The molecule has 2 aromatic heterocycles. The summed E-state index contributed by atoms with van der Waals surface area (Å²) in [6.07, 6.45) is 0.267. The van der Waals surface area contributed by atoms with Crippen LogP contribution >= 0.6 is 11.8 Å². The lowest BCUT2D eigenvalue weighted by Gasteiger charge is -2.36. The van der Waals surface area contributed by atoms with Gasteiger partial charge in [0.15, 0.2) is 5.96 Å². The van der Waals surface area contributed by atoms with Crippen LogP contribution in [0.1, 0.15) is 121 Å². The van der Waals surface area contributed by atoms with E-state index in [9.17, 15) is 78.3 Å². The van der Waals surface area contributed by atoms with Crippen LogP contribution in [0.4, 0.5) is 0 Å². The molecule has 3 aliphatic heterocycles. The quantitative estimate of drug-likeness (QED) is 0.0147. The van der Waals surface area contributed by atoms with Crippen LogP contribution in [0.15, 0.2) is 85.2 Å². The molecule has 131 heavy (non-hydrogen) atoms. The minimum absolute atomic E-state index is 0.0220. The van der Waals surface area contributed by atoms with Crippen molar-refractivity contribution in [2.24, 2.45) is 17.2 Å². The number of phenolic OH excluding ortho intramolecular Hbond substituents is 1. The van der Waals surface area contributed by atoms with Gasteiger partial charge < -0.3 is 136 Å². The molecule has 44 nitrogen and oxygen atoms in total. The first-order valence-corrected chi connectivity index (χ1v) is 44.6. The summed E-state index contributed by atoms with van der Waals surface area (Å²) in [7, 11) is 3.84. The fraction of sp³-hybridized carbons (Fsp3) is 0.535. The van der Waals surface area contributed by atoms with Gasteiger partial charge in [0.2, 0.25) is 100 Å². The second-order valence-corrected chi connectivity index (χ2v) is 33.8. The first-order valence-electron chi connectivity index (χ1n) is 43.4. The Morgan fingerprint density at radius 1 is 0.511 bits per heavy atom. The topological polar surface area (TPSA) is 673 Å². The number of nitrogens with zero attached hydrogens (tertiary/aromatic N) is 5. The fourth-order valence-corrected chi connectivity index (χ4v) is 16.7. The normalized spacial score (nSPS) is 25.1. The molecule has 3 aromatic carbocycles. The molecule has 714 valence electrons. The molecular weight excluding hydrogens is 1730 g/mol. The Hall–Kier alpha value is -13.0. The number of aliphatic hydroxyl groups excluding tert-OH is 4. The van der Waals surface area contributed by atoms with Crippen molar-refractivity contribution < 1.29 is 107 Å². The van der Waals surface area contributed by atoms with Crippen molar-refractivity contribution in [2.45, 2.75) is 214 Å². The Bertz CT molecular complexity index is 4920. The average Bonchev–Trinajstić information content (AvgIpc) is 0.927. The number of amides is 17. The first-order chi connectivity index (χ1) is 62.4. The first kappa shape index (κ1) is 103. The van der Waals surface area contributed by atoms with Gasteiger partial charge in [-0.1, -0.05) is 88.1 Å².